The van der Waals surface area contributed by atoms with Crippen LogP contribution in [0, 0.1) is 0 Å². The van der Waals surface area contributed by atoms with Crippen LogP contribution in [0.3, 0.4) is 0 Å². The summed E-state index contributed by atoms with van der Waals surface area (Å²) in [5, 5.41) is 12.4. The smallest absolute Gasteiger partial charge is 0.354 e. The van der Waals surface area contributed by atoms with E-state index in [0.717, 1.165) is 26.1 Å². The van der Waals surface area contributed by atoms with Crippen molar-refractivity contribution in [3.8, 4) is 0 Å². The van der Waals surface area contributed by atoms with Gasteiger partial charge in [-0.1, -0.05) is 36.4 Å². The Hall–Kier alpha value is -2.40. The number of nitrogens with zero attached hydrogens (tertiary/aromatic N) is 1. The number of aromatic nitrogens is 1. The molecule has 0 unspecified atom stereocenters. The molecule has 5 nitrogen and oxygen atoms in total. The van der Waals surface area contributed by atoms with Crippen LogP contribution in [-0.2, 0) is 10.2 Å². The number of anilines is 1. The van der Waals surface area contributed by atoms with Crippen LogP contribution in [-0.4, -0.2) is 35.8 Å². The zero-order valence-electron chi connectivity index (χ0n) is 12.9. The van der Waals surface area contributed by atoms with Crippen molar-refractivity contribution in [2.45, 2.75) is 18.3 Å². The number of carbonyl (C=O) groups is 1. The van der Waals surface area contributed by atoms with Crippen LogP contribution in [0.1, 0.15) is 28.9 Å². The molecular formula is C18H20N2O3. The maximum absolute atomic E-state index is 11.0. The normalized spacial score (nSPS) is 16.7. The molecule has 0 aliphatic carbocycles. The maximum atomic E-state index is 11.0. The molecule has 1 saturated heterocycles. The fraction of sp³-hybridized carbons (Fsp3) is 0.333. The van der Waals surface area contributed by atoms with Crippen LogP contribution < -0.4 is 5.32 Å². The number of pyridine rings is 1. The Morgan fingerprint density at radius 3 is 2.57 bits per heavy atom. The van der Waals surface area contributed by atoms with Crippen molar-refractivity contribution >= 4 is 11.8 Å². The van der Waals surface area contributed by atoms with Crippen LogP contribution in [0.2, 0.25) is 0 Å². The van der Waals surface area contributed by atoms with Crippen molar-refractivity contribution in [3.63, 3.8) is 0 Å². The zero-order chi connectivity index (χ0) is 16.1. The first-order valence-corrected chi connectivity index (χ1v) is 7.77. The number of aromatic carboxylic acids is 1. The lowest BCUT2D eigenvalue weighted by molar-refractivity contribution is 0.0543. The average molecular weight is 312 g/mol. The minimum atomic E-state index is -1.02. The summed E-state index contributed by atoms with van der Waals surface area (Å²) in [6.45, 7) is 2.18. The van der Waals surface area contributed by atoms with Gasteiger partial charge in [-0.2, -0.15) is 0 Å². The molecule has 1 aromatic carbocycles. The van der Waals surface area contributed by atoms with E-state index in [4.69, 9.17) is 9.84 Å². The van der Waals surface area contributed by atoms with Crippen LogP contribution in [0.25, 0.3) is 0 Å². The third-order valence-electron chi connectivity index (χ3n) is 4.41. The van der Waals surface area contributed by atoms with E-state index < -0.39 is 5.97 Å². The van der Waals surface area contributed by atoms with E-state index in [2.05, 4.69) is 34.6 Å². The highest BCUT2D eigenvalue weighted by molar-refractivity contribution is 5.85. The first-order chi connectivity index (χ1) is 11.2. The Morgan fingerprint density at radius 1 is 1.13 bits per heavy atom. The van der Waals surface area contributed by atoms with Gasteiger partial charge in [-0.25, -0.2) is 9.78 Å². The SMILES string of the molecule is O=C(O)c1cccc(NCC2(c3ccccc3)CCOCC2)n1. The molecule has 0 atom stereocenters. The summed E-state index contributed by atoms with van der Waals surface area (Å²) < 4.78 is 5.53. The Kier molecular flexibility index (Phi) is 4.57. The molecule has 1 fully saturated rings. The third-order valence-corrected chi connectivity index (χ3v) is 4.41. The summed E-state index contributed by atoms with van der Waals surface area (Å²) in [4.78, 5) is 15.2. The molecule has 1 aromatic heterocycles. The van der Waals surface area contributed by atoms with Crippen LogP contribution >= 0.6 is 0 Å². The highest BCUT2D eigenvalue weighted by Gasteiger charge is 2.34. The molecule has 1 aliphatic rings. The van der Waals surface area contributed by atoms with E-state index in [1.807, 2.05) is 6.07 Å². The lowest BCUT2D eigenvalue weighted by Gasteiger charge is -2.38. The third kappa shape index (κ3) is 3.51. The van der Waals surface area contributed by atoms with Gasteiger partial charge in [-0.05, 0) is 30.5 Å². The van der Waals surface area contributed by atoms with Crippen molar-refractivity contribution in [2.75, 3.05) is 25.1 Å². The van der Waals surface area contributed by atoms with Gasteiger partial charge in [0.2, 0.25) is 0 Å². The monoisotopic (exact) mass is 312 g/mol. The molecule has 0 radical (unpaired) electrons. The van der Waals surface area contributed by atoms with Crippen molar-refractivity contribution in [3.05, 3.63) is 59.8 Å². The van der Waals surface area contributed by atoms with Gasteiger partial charge >= 0.3 is 5.97 Å². The largest absolute Gasteiger partial charge is 0.477 e. The van der Waals surface area contributed by atoms with Crippen LogP contribution in [0.4, 0.5) is 5.82 Å². The van der Waals surface area contributed by atoms with Gasteiger partial charge < -0.3 is 15.2 Å². The van der Waals surface area contributed by atoms with Crippen LogP contribution in [0.15, 0.2) is 48.5 Å². The summed E-state index contributed by atoms with van der Waals surface area (Å²) >= 11 is 0. The molecule has 23 heavy (non-hydrogen) atoms. The van der Waals surface area contributed by atoms with Gasteiger partial charge in [-0.3, -0.25) is 0 Å². The van der Waals surface area contributed by atoms with Crippen LogP contribution in [0.5, 0.6) is 0 Å². The molecule has 1 aliphatic heterocycles. The minimum Gasteiger partial charge on any atom is -0.477 e. The molecule has 5 heteroatoms. The molecule has 2 heterocycles. The van der Waals surface area contributed by atoms with Gasteiger partial charge in [0.1, 0.15) is 5.82 Å². The molecule has 0 spiro atoms. The molecular weight excluding hydrogens is 292 g/mol. The Labute approximate surface area is 135 Å². The predicted molar refractivity (Wildman–Crippen MR) is 87.9 cm³/mol. The van der Waals surface area contributed by atoms with Crippen molar-refractivity contribution in [1.82, 2.24) is 4.98 Å². The van der Waals surface area contributed by atoms with Crippen molar-refractivity contribution in [2.24, 2.45) is 0 Å². The average Bonchev–Trinajstić information content (AvgIpc) is 2.62. The second kappa shape index (κ2) is 6.79. The molecule has 2 aromatic rings. The summed E-state index contributed by atoms with van der Waals surface area (Å²) in [6.07, 6.45) is 1.87. The highest BCUT2D eigenvalue weighted by atomic mass is 16.5. The van der Waals surface area contributed by atoms with Gasteiger partial charge in [0, 0.05) is 25.2 Å². The van der Waals surface area contributed by atoms with Crippen molar-refractivity contribution < 1.29 is 14.6 Å². The lowest BCUT2D eigenvalue weighted by Crippen LogP contribution is -2.40. The number of rotatable bonds is 5. The zero-order valence-corrected chi connectivity index (χ0v) is 12.9. The number of ether oxygens (including phenoxy) is 1. The van der Waals surface area contributed by atoms with Gasteiger partial charge in [0.05, 0.1) is 0 Å². The highest BCUT2D eigenvalue weighted by Crippen LogP contribution is 2.34. The molecule has 0 saturated carbocycles. The van der Waals surface area contributed by atoms with E-state index >= 15 is 0 Å². The minimum absolute atomic E-state index is 0.0135. The summed E-state index contributed by atoms with van der Waals surface area (Å²) in [7, 11) is 0. The van der Waals surface area contributed by atoms with Gasteiger partial charge in [0.15, 0.2) is 5.69 Å². The summed E-state index contributed by atoms with van der Waals surface area (Å²) in [6, 6.07) is 15.4. The summed E-state index contributed by atoms with van der Waals surface area (Å²) in [5.41, 5.74) is 1.32. The van der Waals surface area contributed by atoms with E-state index in [1.165, 1.54) is 11.6 Å². The number of carboxylic acid groups (broad SMARTS) is 1. The molecule has 120 valence electrons. The van der Waals surface area contributed by atoms with Gasteiger partial charge in [-0.15, -0.1) is 0 Å². The number of carboxylic acids is 1. The van der Waals surface area contributed by atoms with E-state index in [9.17, 15) is 4.79 Å². The molecule has 2 N–H and O–H groups in total. The summed E-state index contributed by atoms with van der Waals surface area (Å²) in [5.74, 6) is -0.427. The molecule has 0 bridgehead atoms. The van der Waals surface area contributed by atoms with Crippen molar-refractivity contribution in [1.29, 1.82) is 0 Å². The van der Waals surface area contributed by atoms with E-state index in [-0.39, 0.29) is 11.1 Å². The van der Waals surface area contributed by atoms with E-state index in [0.29, 0.717) is 12.4 Å². The number of nitrogens with one attached hydrogen (secondary N) is 1. The fourth-order valence-corrected chi connectivity index (χ4v) is 3.03. The first-order valence-electron chi connectivity index (χ1n) is 7.77. The molecule has 3 rings (SSSR count). The topological polar surface area (TPSA) is 71.5 Å². The molecule has 0 amide bonds. The maximum Gasteiger partial charge on any atom is 0.354 e. The Balaban J connectivity index is 1.80. The predicted octanol–water partition coefficient (Wildman–Crippen LogP) is 2.94. The lowest BCUT2D eigenvalue weighted by atomic mass is 9.74. The fourth-order valence-electron chi connectivity index (χ4n) is 3.03. The second-order valence-electron chi connectivity index (χ2n) is 5.83. The standard InChI is InChI=1S/C18H20N2O3/c21-17(22)15-7-4-8-16(20-15)19-13-18(9-11-23-12-10-18)14-5-2-1-3-6-14/h1-8H,9-13H2,(H,19,20)(H,21,22). The number of benzene rings is 1. The number of hydrogen-bond acceptors (Lipinski definition) is 4. The van der Waals surface area contributed by atoms with Gasteiger partial charge in [0.25, 0.3) is 0 Å². The Bertz CT molecular complexity index is 667. The number of hydrogen-bond donors (Lipinski definition) is 2. The first kappa shape index (κ1) is 15.5. The quantitative estimate of drug-likeness (QED) is 0.888. The van der Waals surface area contributed by atoms with E-state index in [1.54, 1.807) is 12.1 Å². The second-order valence-corrected chi connectivity index (χ2v) is 5.83. The Morgan fingerprint density at radius 2 is 1.87 bits per heavy atom.